The Morgan fingerprint density at radius 3 is 2.54 bits per heavy atom. The second-order valence-electron chi connectivity index (χ2n) is 5.33. The normalized spacial score (nSPS) is 11.7. The van der Waals surface area contributed by atoms with Gasteiger partial charge in [-0.2, -0.15) is 0 Å². The van der Waals surface area contributed by atoms with Crippen molar-refractivity contribution in [3.8, 4) is 0 Å². The Morgan fingerprint density at radius 1 is 1.12 bits per heavy atom. The highest BCUT2D eigenvalue weighted by molar-refractivity contribution is 5.93. The molecule has 24 heavy (non-hydrogen) atoms. The summed E-state index contributed by atoms with van der Waals surface area (Å²) in [6.45, 7) is 2.43. The number of carbonyl (C=O) groups is 1. The molecule has 0 saturated carbocycles. The molecule has 0 fully saturated rings. The molecular formula is C18H18N4O2. The summed E-state index contributed by atoms with van der Waals surface area (Å²) < 4.78 is 5.22. The lowest BCUT2D eigenvalue weighted by molar-refractivity contribution is 0.0939. The van der Waals surface area contributed by atoms with Crippen molar-refractivity contribution in [3.05, 3.63) is 78.0 Å². The summed E-state index contributed by atoms with van der Waals surface area (Å²) in [5.74, 6) is 1.03. The number of rotatable bonds is 6. The van der Waals surface area contributed by atoms with Crippen LogP contribution in [0.1, 0.15) is 34.6 Å². The zero-order chi connectivity index (χ0) is 16.8. The molecule has 0 radical (unpaired) electrons. The van der Waals surface area contributed by atoms with Crippen molar-refractivity contribution in [3.63, 3.8) is 0 Å². The Hall–Kier alpha value is -3.15. The maximum absolute atomic E-state index is 12.3. The van der Waals surface area contributed by atoms with Crippen molar-refractivity contribution in [2.75, 3.05) is 5.32 Å². The second-order valence-corrected chi connectivity index (χ2v) is 5.33. The van der Waals surface area contributed by atoms with Crippen molar-refractivity contribution in [1.29, 1.82) is 0 Å². The predicted octanol–water partition coefficient (Wildman–Crippen LogP) is 3.17. The van der Waals surface area contributed by atoms with Crippen LogP contribution in [0.25, 0.3) is 0 Å². The van der Waals surface area contributed by atoms with Crippen LogP contribution in [0, 0.1) is 0 Å². The summed E-state index contributed by atoms with van der Waals surface area (Å²) in [6, 6.07) is 13.4. The molecule has 122 valence electrons. The van der Waals surface area contributed by atoms with Gasteiger partial charge < -0.3 is 15.1 Å². The number of anilines is 1. The summed E-state index contributed by atoms with van der Waals surface area (Å²) >= 11 is 0. The molecule has 2 heterocycles. The van der Waals surface area contributed by atoms with E-state index in [2.05, 4.69) is 20.6 Å². The van der Waals surface area contributed by atoms with Crippen molar-refractivity contribution >= 4 is 11.9 Å². The monoisotopic (exact) mass is 322 g/mol. The number of benzene rings is 1. The van der Waals surface area contributed by atoms with E-state index >= 15 is 0 Å². The van der Waals surface area contributed by atoms with Crippen LogP contribution in [0.3, 0.4) is 0 Å². The molecule has 2 N–H and O–H groups in total. The molecule has 3 aromatic rings. The fourth-order valence-electron chi connectivity index (χ4n) is 2.22. The molecule has 0 spiro atoms. The van der Waals surface area contributed by atoms with E-state index in [9.17, 15) is 4.79 Å². The SMILES string of the molecule is CC(NC(=O)c1cnc(NCc2ccco2)nc1)c1ccccc1. The Balaban J connectivity index is 1.57. The highest BCUT2D eigenvalue weighted by Gasteiger charge is 2.12. The van der Waals surface area contributed by atoms with E-state index in [4.69, 9.17) is 4.42 Å². The third-order valence-electron chi connectivity index (χ3n) is 3.56. The fourth-order valence-corrected chi connectivity index (χ4v) is 2.22. The van der Waals surface area contributed by atoms with Crippen molar-refractivity contribution < 1.29 is 9.21 Å². The average Bonchev–Trinajstić information content (AvgIpc) is 3.14. The van der Waals surface area contributed by atoms with E-state index in [-0.39, 0.29) is 11.9 Å². The molecule has 1 atom stereocenters. The molecule has 0 aliphatic carbocycles. The Kier molecular flexibility index (Phi) is 4.86. The minimum Gasteiger partial charge on any atom is -0.467 e. The number of nitrogens with one attached hydrogen (secondary N) is 2. The van der Waals surface area contributed by atoms with Crippen molar-refractivity contribution in [2.45, 2.75) is 19.5 Å². The molecule has 6 heteroatoms. The molecule has 2 aromatic heterocycles. The molecule has 1 unspecified atom stereocenters. The smallest absolute Gasteiger partial charge is 0.254 e. The van der Waals surface area contributed by atoms with Crippen LogP contribution in [-0.4, -0.2) is 15.9 Å². The molecule has 1 aromatic carbocycles. The zero-order valence-corrected chi connectivity index (χ0v) is 13.3. The molecule has 0 aliphatic heterocycles. The molecular weight excluding hydrogens is 304 g/mol. The largest absolute Gasteiger partial charge is 0.467 e. The number of aromatic nitrogens is 2. The third-order valence-corrected chi connectivity index (χ3v) is 3.56. The van der Waals surface area contributed by atoms with Gasteiger partial charge in [0.2, 0.25) is 5.95 Å². The average molecular weight is 322 g/mol. The van der Waals surface area contributed by atoms with Crippen LogP contribution in [0.4, 0.5) is 5.95 Å². The van der Waals surface area contributed by atoms with Gasteiger partial charge in [0, 0.05) is 12.4 Å². The molecule has 0 bridgehead atoms. The Morgan fingerprint density at radius 2 is 1.88 bits per heavy atom. The maximum Gasteiger partial charge on any atom is 0.254 e. The second kappa shape index (κ2) is 7.41. The van der Waals surface area contributed by atoms with Gasteiger partial charge in [-0.3, -0.25) is 4.79 Å². The van der Waals surface area contributed by atoms with Gasteiger partial charge in [0.05, 0.1) is 24.4 Å². The number of hydrogen-bond donors (Lipinski definition) is 2. The first kappa shape index (κ1) is 15.7. The first-order chi connectivity index (χ1) is 11.7. The van der Waals surface area contributed by atoms with E-state index in [1.807, 2.05) is 49.4 Å². The van der Waals surface area contributed by atoms with Gasteiger partial charge in [-0.1, -0.05) is 30.3 Å². The standard InChI is InChI=1S/C18H18N4O2/c1-13(14-6-3-2-4-7-14)22-17(23)15-10-19-18(20-11-15)21-12-16-8-5-9-24-16/h2-11,13H,12H2,1H3,(H,22,23)(H,19,20,21). The third kappa shape index (κ3) is 3.98. The van der Waals surface area contributed by atoms with E-state index in [1.54, 1.807) is 6.26 Å². The summed E-state index contributed by atoms with van der Waals surface area (Å²) in [5.41, 5.74) is 1.46. The lowest BCUT2D eigenvalue weighted by Gasteiger charge is -2.14. The van der Waals surface area contributed by atoms with Crippen molar-refractivity contribution in [2.24, 2.45) is 0 Å². The van der Waals surface area contributed by atoms with Crippen molar-refractivity contribution in [1.82, 2.24) is 15.3 Å². The minimum atomic E-state index is -0.205. The number of furan rings is 1. The van der Waals surface area contributed by atoms with Gasteiger partial charge in [-0.15, -0.1) is 0 Å². The number of hydrogen-bond acceptors (Lipinski definition) is 5. The van der Waals surface area contributed by atoms with E-state index < -0.39 is 0 Å². The van der Waals surface area contributed by atoms with Crippen LogP contribution in [0.15, 0.2) is 65.5 Å². The minimum absolute atomic E-state index is 0.0875. The maximum atomic E-state index is 12.3. The topological polar surface area (TPSA) is 80.0 Å². The molecule has 0 saturated heterocycles. The van der Waals surface area contributed by atoms with Crippen LogP contribution in [0.5, 0.6) is 0 Å². The van der Waals surface area contributed by atoms with Crippen LogP contribution in [0.2, 0.25) is 0 Å². The van der Waals surface area contributed by atoms with Gasteiger partial charge in [-0.05, 0) is 24.6 Å². The fraction of sp³-hybridized carbons (Fsp3) is 0.167. The zero-order valence-electron chi connectivity index (χ0n) is 13.3. The van der Waals surface area contributed by atoms with Gasteiger partial charge in [0.1, 0.15) is 5.76 Å². The lowest BCUT2D eigenvalue weighted by Crippen LogP contribution is -2.26. The Bertz CT molecular complexity index is 771. The van der Waals surface area contributed by atoms with E-state index in [0.717, 1.165) is 11.3 Å². The first-order valence-electron chi connectivity index (χ1n) is 7.66. The number of nitrogens with zero attached hydrogens (tertiary/aromatic N) is 2. The molecule has 0 aliphatic rings. The number of carbonyl (C=O) groups excluding carboxylic acids is 1. The first-order valence-corrected chi connectivity index (χ1v) is 7.66. The molecule has 3 rings (SSSR count). The van der Waals surface area contributed by atoms with Gasteiger partial charge in [-0.25, -0.2) is 9.97 Å². The van der Waals surface area contributed by atoms with Crippen LogP contribution >= 0.6 is 0 Å². The quantitative estimate of drug-likeness (QED) is 0.728. The summed E-state index contributed by atoms with van der Waals surface area (Å²) in [4.78, 5) is 20.6. The van der Waals surface area contributed by atoms with E-state index in [1.165, 1.54) is 12.4 Å². The van der Waals surface area contributed by atoms with E-state index in [0.29, 0.717) is 18.1 Å². The van der Waals surface area contributed by atoms with Gasteiger partial charge in [0.25, 0.3) is 5.91 Å². The lowest BCUT2D eigenvalue weighted by atomic mass is 10.1. The van der Waals surface area contributed by atoms with Crippen LogP contribution < -0.4 is 10.6 Å². The van der Waals surface area contributed by atoms with Crippen LogP contribution in [-0.2, 0) is 6.54 Å². The highest BCUT2D eigenvalue weighted by atomic mass is 16.3. The van der Waals surface area contributed by atoms with Gasteiger partial charge >= 0.3 is 0 Å². The molecule has 1 amide bonds. The van der Waals surface area contributed by atoms with Gasteiger partial charge in [0.15, 0.2) is 0 Å². The summed E-state index contributed by atoms with van der Waals surface area (Å²) in [5, 5.41) is 5.96. The predicted molar refractivity (Wildman–Crippen MR) is 90.4 cm³/mol. The number of amides is 1. The molecule has 6 nitrogen and oxygen atoms in total. The summed E-state index contributed by atoms with van der Waals surface area (Å²) in [6.07, 6.45) is 4.62. The summed E-state index contributed by atoms with van der Waals surface area (Å²) in [7, 11) is 0. The highest BCUT2D eigenvalue weighted by Crippen LogP contribution is 2.12. The Labute approximate surface area is 140 Å².